The molecule has 2 amide bonds. The van der Waals surface area contributed by atoms with Gasteiger partial charge in [-0.3, -0.25) is 9.59 Å². The second-order valence-corrected chi connectivity index (χ2v) is 7.37. The molecule has 0 saturated heterocycles. The largest absolute Gasteiger partial charge is 0.377 e. The number of carbonyl (C=O) groups excluding carboxylic acids is 2. The average Bonchev–Trinajstić information content (AvgIpc) is 2.84. The number of carbonyl (C=O) groups is 2. The van der Waals surface area contributed by atoms with Crippen molar-refractivity contribution in [3.8, 4) is 0 Å². The zero-order chi connectivity index (χ0) is 25.3. The number of hydrogen-bond donors (Lipinski definition) is 2. The first-order chi connectivity index (χ1) is 16.5. The molecule has 1 unspecified atom stereocenters. The van der Waals surface area contributed by atoms with Crippen molar-refractivity contribution in [3.63, 3.8) is 0 Å². The van der Waals surface area contributed by atoms with E-state index in [1.807, 2.05) is 20.8 Å². The molecule has 0 rings (SSSR count). The lowest BCUT2D eigenvalue weighted by Gasteiger charge is -2.15. The third-order valence-corrected chi connectivity index (χ3v) is 4.65. The third kappa shape index (κ3) is 21.2. The fourth-order valence-electron chi connectivity index (χ4n) is 2.67. The van der Waals surface area contributed by atoms with Crippen LogP contribution >= 0.6 is 0 Å². The smallest absolute Gasteiger partial charge is 0.246 e. The van der Waals surface area contributed by atoms with Crippen molar-refractivity contribution in [3.05, 3.63) is 0 Å². The molecular formula is C23H49FN2O8. The molecule has 11 heteroatoms. The Balaban J connectivity index is -0.00000544. The van der Waals surface area contributed by atoms with E-state index in [1.165, 1.54) is 0 Å². The van der Waals surface area contributed by atoms with Crippen LogP contribution < -0.4 is 10.6 Å². The molecule has 0 aliphatic rings. The quantitative estimate of drug-likeness (QED) is 0.182. The molecule has 0 fully saturated rings. The van der Waals surface area contributed by atoms with E-state index in [4.69, 9.17) is 28.4 Å². The van der Waals surface area contributed by atoms with Gasteiger partial charge in [-0.25, -0.2) is 4.39 Å². The molecule has 34 heavy (non-hydrogen) atoms. The Kier molecular flexibility index (Phi) is 23.7. The fourth-order valence-corrected chi connectivity index (χ4v) is 2.67. The van der Waals surface area contributed by atoms with E-state index in [0.29, 0.717) is 66.0 Å². The van der Waals surface area contributed by atoms with Gasteiger partial charge in [0.05, 0.1) is 72.6 Å². The number of alkyl halides is 1. The van der Waals surface area contributed by atoms with Crippen LogP contribution in [0.15, 0.2) is 0 Å². The Morgan fingerprint density at radius 3 is 1.74 bits per heavy atom. The molecule has 206 valence electrons. The van der Waals surface area contributed by atoms with Gasteiger partial charge in [-0.05, 0) is 19.8 Å². The molecule has 0 aliphatic heterocycles. The summed E-state index contributed by atoms with van der Waals surface area (Å²) in [7, 11) is 0. The molecule has 0 aromatic rings. The van der Waals surface area contributed by atoms with Crippen molar-refractivity contribution in [2.24, 2.45) is 5.92 Å². The Bertz CT molecular complexity index is 495. The Hall–Kier alpha value is -1.37. The molecule has 0 bridgehead atoms. The van der Waals surface area contributed by atoms with Gasteiger partial charge in [-0.15, -0.1) is 0 Å². The summed E-state index contributed by atoms with van der Waals surface area (Å²) >= 11 is 0. The summed E-state index contributed by atoms with van der Waals surface area (Å²) in [4.78, 5) is 23.1. The van der Waals surface area contributed by atoms with Crippen molar-refractivity contribution < 1.29 is 45.3 Å². The zero-order valence-corrected chi connectivity index (χ0v) is 21.1. The first kappa shape index (κ1) is 32.6. The average molecular weight is 501 g/mol. The van der Waals surface area contributed by atoms with Crippen LogP contribution in [0.3, 0.4) is 0 Å². The van der Waals surface area contributed by atoms with Crippen molar-refractivity contribution in [2.75, 3.05) is 92.4 Å². The fraction of sp³-hybridized carbons (Fsp3) is 0.913. The molecule has 0 heterocycles. The number of halogens is 1. The van der Waals surface area contributed by atoms with Crippen molar-refractivity contribution in [1.29, 1.82) is 0 Å². The van der Waals surface area contributed by atoms with Gasteiger partial charge in [0, 0.05) is 21.9 Å². The summed E-state index contributed by atoms with van der Waals surface area (Å²) < 4.78 is 45.4. The van der Waals surface area contributed by atoms with Gasteiger partial charge in [0.1, 0.15) is 12.8 Å². The van der Waals surface area contributed by atoms with E-state index < -0.39 is 6.17 Å². The Morgan fingerprint density at radius 1 is 0.735 bits per heavy atom. The molecule has 0 aliphatic carbocycles. The van der Waals surface area contributed by atoms with E-state index >= 15 is 0 Å². The minimum absolute atomic E-state index is 0. The summed E-state index contributed by atoms with van der Waals surface area (Å²) in [5, 5.41) is 5.31. The van der Waals surface area contributed by atoms with Crippen molar-refractivity contribution >= 4 is 11.8 Å². The molecule has 10 nitrogen and oxygen atoms in total. The van der Waals surface area contributed by atoms with Gasteiger partial charge in [0.25, 0.3) is 0 Å². The normalized spacial score (nSPS) is 12.1. The molecule has 0 aromatic carbocycles. The van der Waals surface area contributed by atoms with Crippen LogP contribution in [0.5, 0.6) is 0 Å². The number of amides is 2. The zero-order valence-electron chi connectivity index (χ0n) is 21.1. The van der Waals surface area contributed by atoms with E-state index in [-0.39, 0.29) is 47.0 Å². The number of ether oxygens (including phenoxy) is 6. The van der Waals surface area contributed by atoms with Gasteiger partial charge in [-0.2, -0.15) is 0 Å². The molecule has 1 atom stereocenters. The van der Waals surface area contributed by atoms with Crippen LogP contribution in [0.1, 0.15) is 36.5 Å². The lowest BCUT2D eigenvalue weighted by atomic mass is 10.0. The van der Waals surface area contributed by atoms with Gasteiger partial charge < -0.3 is 39.1 Å². The van der Waals surface area contributed by atoms with E-state index in [0.717, 1.165) is 12.8 Å². The van der Waals surface area contributed by atoms with Crippen LogP contribution in [0, 0.1) is 5.92 Å². The Morgan fingerprint density at radius 2 is 1.24 bits per heavy atom. The summed E-state index contributed by atoms with van der Waals surface area (Å²) in [6.45, 7) is 10.3. The second-order valence-electron chi connectivity index (χ2n) is 7.37. The predicted octanol–water partition coefficient (Wildman–Crippen LogP) is 1.60. The van der Waals surface area contributed by atoms with Gasteiger partial charge in [0.15, 0.2) is 0 Å². The van der Waals surface area contributed by atoms with Gasteiger partial charge in [-0.1, -0.05) is 13.8 Å². The monoisotopic (exact) mass is 500 g/mol. The lowest BCUT2D eigenvalue weighted by molar-refractivity contribution is -0.126. The highest BCUT2D eigenvalue weighted by atomic mass is 19.1. The van der Waals surface area contributed by atoms with E-state index in [9.17, 15) is 14.0 Å². The van der Waals surface area contributed by atoms with Gasteiger partial charge in [0.2, 0.25) is 11.8 Å². The summed E-state index contributed by atoms with van der Waals surface area (Å²) in [6.07, 6.45) is 0.259. The van der Waals surface area contributed by atoms with E-state index in [2.05, 4.69) is 10.6 Å². The minimum atomic E-state index is -1.24. The lowest BCUT2D eigenvalue weighted by Crippen LogP contribution is -2.36. The Labute approximate surface area is 206 Å². The van der Waals surface area contributed by atoms with Crippen LogP contribution in [-0.4, -0.2) is 110 Å². The predicted molar refractivity (Wildman–Crippen MR) is 130 cm³/mol. The highest BCUT2D eigenvalue weighted by molar-refractivity contribution is 5.78. The summed E-state index contributed by atoms with van der Waals surface area (Å²) in [6, 6.07) is 0. The van der Waals surface area contributed by atoms with Crippen LogP contribution in [-0.2, 0) is 38.0 Å². The summed E-state index contributed by atoms with van der Waals surface area (Å²) in [5.41, 5.74) is 0. The SMILES string of the molecule is CCOCC(=O)NCCOCCOCCOCCOCCOCC(F)CNC(=O)C(CC)CC.[HH].[HH]. The van der Waals surface area contributed by atoms with Crippen LogP contribution in [0.25, 0.3) is 0 Å². The molecule has 0 saturated carbocycles. The number of hydrogen-bond acceptors (Lipinski definition) is 8. The van der Waals surface area contributed by atoms with Crippen molar-refractivity contribution in [1.82, 2.24) is 10.6 Å². The topological polar surface area (TPSA) is 114 Å². The number of rotatable bonds is 25. The maximum Gasteiger partial charge on any atom is 0.246 e. The molecule has 0 spiro atoms. The van der Waals surface area contributed by atoms with Crippen molar-refractivity contribution in [2.45, 2.75) is 39.8 Å². The first-order valence-corrected chi connectivity index (χ1v) is 12.2. The molecule has 0 aromatic heterocycles. The van der Waals surface area contributed by atoms with Gasteiger partial charge >= 0.3 is 0 Å². The standard InChI is InChI=1S/C23H45FN2O8.2H2/c1-4-20(5-2)23(28)26-17-21(24)18-34-16-15-33-14-13-32-12-11-31-10-9-30-8-7-25-22(27)19-29-6-3;;/h20-21H,4-19H2,1-3H3,(H,25,27)(H,26,28);2*1H. The van der Waals surface area contributed by atoms with Crippen LogP contribution in [0.4, 0.5) is 4.39 Å². The highest BCUT2D eigenvalue weighted by Crippen LogP contribution is 2.07. The maximum absolute atomic E-state index is 13.7. The number of nitrogens with one attached hydrogen (secondary N) is 2. The molecular weight excluding hydrogens is 451 g/mol. The highest BCUT2D eigenvalue weighted by Gasteiger charge is 2.15. The summed E-state index contributed by atoms with van der Waals surface area (Å²) in [5.74, 6) is -0.323. The third-order valence-electron chi connectivity index (χ3n) is 4.65. The van der Waals surface area contributed by atoms with Crippen LogP contribution in [0.2, 0.25) is 0 Å². The minimum Gasteiger partial charge on any atom is -0.377 e. The van der Waals surface area contributed by atoms with E-state index in [1.54, 1.807) is 0 Å². The second kappa shape index (κ2) is 24.7. The first-order valence-electron chi connectivity index (χ1n) is 12.2. The molecule has 2 N–H and O–H groups in total. The maximum atomic E-state index is 13.7. The molecule has 0 radical (unpaired) electrons.